The minimum Gasteiger partial charge on any atom is -0.464 e. The van der Waals surface area contributed by atoms with E-state index in [1.54, 1.807) is 11.3 Å². The molecule has 4 heterocycles. The molecule has 0 amide bonds. The maximum atomic E-state index is 6.33. The Labute approximate surface area is 160 Å². The van der Waals surface area contributed by atoms with E-state index in [2.05, 4.69) is 40.7 Å². The summed E-state index contributed by atoms with van der Waals surface area (Å²) >= 11 is 1.69. The average Bonchev–Trinajstić information content (AvgIpc) is 3.47. The zero-order valence-corrected chi connectivity index (χ0v) is 15.2. The third-order valence-electron chi connectivity index (χ3n) is 5.19. The molecule has 1 aromatic heterocycles. The van der Waals surface area contributed by atoms with Gasteiger partial charge in [-0.2, -0.15) is 5.10 Å². The van der Waals surface area contributed by atoms with Gasteiger partial charge < -0.3 is 14.2 Å². The molecule has 0 saturated carbocycles. The Hall–Kier alpha value is -2.99. The highest BCUT2D eigenvalue weighted by molar-refractivity contribution is 7.10. The number of ether oxygens (including phenoxy) is 3. The highest BCUT2D eigenvalue weighted by Gasteiger charge is 2.41. The minimum absolute atomic E-state index is 0.169. The molecule has 0 aliphatic carbocycles. The van der Waals surface area contributed by atoms with Crippen molar-refractivity contribution in [2.45, 2.75) is 18.7 Å². The molecule has 2 aromatic carbocycles. The summed E-state index contributed by atoms with van der Waals surface area (Å²) < 4.78 is 17.3. The predicted octanol–water partition coefficient (Wildman–Crippen LogP) is 4.72. The molecule has 134 valence electrons. The molecule has 0 unspecified atom stereocenters. The molecule has 0 N–H and O–H groups in total. The van der Waals surface area contributed by atoms with Crippen LogP contribution < -0.4 is 14.2 Å². The molecule has 6 rings (SSSR count). The summed E-state index contributed by atoms with van der Waals surface area (Å²) in [5.74, 6) is 2.52. The van der Waals surface area contributed by atoms with E-state index in [4.69, 9.17) is 19.3 Å². The van der Waals surface area contributed by atoms with Gasteiger partial charge in [0.05, 0.1) is 16.6 Å². The van der Waals surface area contributed by atoms with Gasteiger partial charge in [0.1, 0.15) is 5.75 Å². The van der Waals surface area contributed by atoms with Gasteiger partial charge in [0, 0.05) is 17.5 Å². The van der Waals surface area contributed by atoms with Crippen molar-refractivity contribution in [1.82, 2.24) is 5.01 Å². The molecule has 0 saturated heterocycles. The Morgan fingerprint density at radius 1 is 0.963 bits per heavy atom. The number of hydrogen-bond acceptors (Lipinski definition) is 6. The molecule has 6 heteroatoms. The first-order valence-electron chi connectivity index (χ1n) is 8.92. The Balaban J connectivity index is 1.43. The lowest BCUT2D eigenvalue weighted by molar-refractivity contribution is -0.0165. The summed E-state index contributed by atoms with van der Waals surface area (Å²) in [7, 11) is 0. The second kappa shape index (κ2) is 5.76. The average molecular weight is 376 g/mol. The van der Waals surface area contributed by atoms with Crippen LogP contribution in [0.3, 0.4) is 0 Å². The minimum atomic E-state index is -0.198. The van der Waals surface area contributed by atoms with Gasteiger partial charge in [-0.3, -0.25) is 0 Å². The molecule has 27 heavy (non-hydrogen) atoms. The van der Waals surface area contributed by atoms with Gasteiger partial charge in [0.15, 0.2) is 11.5 Å². The third-order valence-corrected chi connectivity index (χ3v) is 6.09. The van der Waals surface area contributed by atoms with Gasteiger partial charge in [-0.1, -0.05) is 24.3 Å². The van der Waals surface area contributed by atoms with E-state index in [0.717, 1.165) is 39.8 Å². The van der Waals surface area contributed by atoms with Crippen LogP contribution in [0.5, 0.6) is 17.2 Å². The number of fused-ring (bicyclic) bond motifs is 4. The van der Waals surface area contributed by atoms with Crippen molar-refractivity contribution in [2.75, 3.05) is 6.79 Å². The van der Waals surface area contributed by atoms with E-state index < -0.39 is 0 Å². The Bertz CT molecular complexity index is 1050. The molecular weight excluding hydrogens is 360 g/mol. The number of hydrogen-bond donors (Lipinski definition) is 0. The van der Waals surface area contributed by atoms with E-state index in [-0.39, 0.29) is 19.1 Å². The highest BCUT2D eigenvalue weighted by Crippen LogP contribution is 2.48. The van der Waals surface area contributed by atoms with E-state index in [9.17, 15) is 0 Å². The normalized spacial score (nSPS) is 22.1. The molecular formula is C21H16N2O3S. The lowest BCUT2D eigenvalue weighted by Gasteiger charge is -2.37. The molecule has 0 radical (unpaired) electrons. The van der Waals surface area contributed by atoms with Crippen molar-refractivity contribution in [3.63, 3.8) is 0 Å². The summed E-state index contributed by atoms with van der Waals surface area (Å²) in [6, 6.07) is 18.6. The smallest absolute Gasteiger partial charge is 0.231 e. The predicted molar refractivity (Wildman–Crippen MR) is 102 cm³/mol. The number of hydrazone groups is 1. The van der Waals surface area contributed by atoms with Crippen molar-refractivity contribution in [3.8, 4) is 17.2 Å². The van der Waals surface area contributed by atoms with Crippen molar-refractivity contribution >= 4 is 17.0 Å². The Morgan fingerprint density at radius 3 is 2.81 bits per heavy atom. The summed E-state index contributed by atoms with van der Waals surface area (Å²) in [5, 5.41) is 9.16. The first kappa shape index (κ1) is 15.1. The molecule has 3 aliphatic rings. The molecule has 3 aliphatic heterocycles. The van der Waals surface area contributed by atoms with Crippen LogP contribution in [0.25, 0.3) is 0 Å². The second-order valence-corrected chi connectivity index (χ2v) is 7.72. The van der Waals surface area contributed by atoms with Crippen LogP contribution in [0.4, 0.5) is 0 Å². The Kier molecular flexibility index (Phi) is 3.22. The first-order valence-corrected chi connectivity index (χ1v) is 9.79. The maximum Gasteiger partial charge on any atom is 0.231 e. The fourth-order valence-corrected chi connectivity index (χ4v) is 4.65. The fourth-order valence-electron chi connectivity index (χ4n) is 3.90. The van der Waals surface area contributed by atoms with Crippen molar-refractivity contribution in [2.24, 2.45) is 5.10 Å². The van der Waals surface area contributed by atoms with Gasteiger partial charge in [-0.05, 0) is 35.7 Å². The van der Waals surface area contributed by atoms with Crippen LogP contribution in [0.2, 0.25) is 0 Å². The van der Waals surface area contributed by atoms with Crippen LogP contribution in [0.1, 0.15) is 34.7 Å². The molecule has 2 atom stereocenters. The molecule has 5 nitrogen and oxygen atoms in total. The third kappa shape index (κ3) is 2.33. The lowest BCUT2D eigenvalue weighted by atomic mass is 9.96. The van der Waals surface area contributed by atoms with Gasteiger partial charge in [-0.25, -0.2) is 5.01 Å². The quantitative estimate of drug-likeness (QED) is 0.649. The van der Waals surface area contributed by atoms with E-state index in [0.29, 0.717) is 0 Å². The van der Waals surface area contributed by atoms with Crippen LogP contribution in [-0.4, -0.2) is 17.5 Å². The van der Waals surface area contributed by atoms with Crippen LogP contribution in [-0.2, 0) is 0 Å². The van der Waals surface area contributed by atoms with Crippen molar-refractivity contribution < 1.29 is 14.2 Å². The molecule has 0 fully saturated rings. The number of thiophene rings is 1. The number of benzene rings is 2. The topological polar surface area (TPSA) is 43.3 Å². The van der Waals surface area contributed by atoms with Crippen LogP contribution >= 0.6 is 11.3 Å². The number of para-hydroxylation sites is 1. The van der Waals surface area contributed by atoms with Crippen molar-refractivity contribution in [3.05, 3.63) is 76.0 Å². The highest BCUT2D eigenvalue weighted by atomic mass is 32.1. The van der Waals surface area contributed by atoms with E-state index >= 15 is 0 Å². The largest absolute Gasteiger partial charge is 0.464 e. The standard InChI is InChI=1S/C21H16N2O3S/c1-2-5-17-14(4-1)16-11-15(13-7-8-18-19(10-13)25-12-24-18)22-23(16)21(26-17)20-6-3-9-27-20/h1-10,16,21H,11-12H2/t16-,21-/m1/s1. The SMILES string of the molecule is c1csc([C@H]2Oc3ccccc3[C@H]3CC(c4ccc5c(c4)OCO5)=NN32)c1. The monoisotopic (exact) mass is 376 g/mol. The van der Waals surface area contributed by atoms with Gasteiger partial charge in [0.25, 0.3) is 0 Å². The van der Waals surface area contributed by atoms with Crippen molar-refractivity contribution in [1.29, 1.82) is 0 Å². The Morgan fingerprint density at radius 2 is 1.89 bits per heavy atom. The first-order chi connectivity index (χ1) is 13.4. The molecule has 0 spiro atoms. The molecule has 3 aromatic rings. The van der Waals surface area contributed by atoms with Gasteiger partial charge in [-0.15, -0.1) is 11.3 Å². The maximum absolute atomic E-state index is 6.33. The van der Waals surface area contributed by atoms with Crippen LogP contribution in [0, 0.1) is 0 Å². The summed E-state index contributed by atoms with van der Waals surface area (Å²) in [6.07, 6.45) is 0.637. The van der Waals surface area contributed by atoms with E-state index in [1.165, 1.54) is 5.56 Å². The van der Waals surface area contributed by atoms with Gasteiger partial charge >= 0.3 is 0 Å². The molecule has 0 bridgehead atoms. The lowest BCUT2D eigenvalue weighted by Crippen LogP contribution is -2.33. The number of rotatable bonds is 2. The zero-order valence-electron chi connectivity index (χ0n) is 14.4. The summed E-state index contributed by atoms with van der Waals surface area (Å²) in [5.41, 5.74) is 3.29. The van der Waals surface area contributed by atoms with Gasteiger partial charge in [0.2, 0.25) is 13.0 Å². The zero-order chi connectivity index (χ0) is 17.8. The van der Waals surface area contributed by atoms with Crippen LogP contribution in [0.15, 0.2) is 65.1 Å². The van der Waals surface area contributed by atoms with E-state index in [1.807, 2.05) is 24.3 Å². The summed E-state index contributed by atoms with van der Waals surface area (Å²) in [6.45, 7) is 0.279. The second-order valence-electron chi connectivity index (χ2n) is 6.74. The number of nitrogens with zero attached hydrogens (tertiary/aromatic N) is 2. The fraction of sp³-hybridized carbons (Fsp3) is 0.190. The summed E-state index contributed by atoms with van der Waals surface area (Å²) in [4.78, 5) is 1.16.